The number of rotatable bonds is 7. The molecule has 0 spiro atoms. The average molecular weight is 306 g/mol. The molecular weight excluding hydrogens is 284 g/mol. The largest absolute Gasteiger partial charge is 0.537 e. The average Bonchev–Trinajstić information content (AvgIpc) is 2.48. The van der Waals surface area contributed by atoms with Crippen molar-refractivity contribution in [1.29, 1.82) is 0 Å². The van der Waals surface area contributed by atoms with Crippen LogP contribution in [0, 0.1) is 0 Å². The predicted octanol–water partition coefficient (Wildman–Crippen LogP) is 2.80. The lowest BCUT2D eigenvalue weighted by Crippen LogP contribution is -2.57. The van der Waals surface area contributed by atoms with Crippen LogP contribution in [0.1, 0.15) is 20.8 Å². The van der Waals surface area contributed by atoms with Crippen LogP contribution in [0.3, 0.4) is 0 Å². The van der Waals surface area contributed by atoms with Crippen molar-refractivity contribution >= 4 is 24.8 Å². The zero-order valence-electron chi connectivity index (χ0n) is 12.8. The quantitative estimate of drug-likeness (QED) is 0.799. The van der Waals surface area contributed by atoms with Gasteiger partial charge in [-0.2, -0.15) is 0 Å². The van der Waals surface area contributed by atoms with Gasteiger partial charge in [0, 0.05) is 30.4 Å². The monoisotopic (exact) mass is 306 g/mol. The predicted molar refractivity (Wildman–Crippen MR) is 85.9 cm³/mol. The molecule has 5 heteroatoms. The molecule has 1 N–H and O–H groups in total. The summed E-state index contributed by atoms with van der Waals surface area (Å²) in [4.78, 5) is 0. The third-order valence-corrected chi connectivity index (χ3v) is 6.34. The molecule has 2 aromatic rings. The second-order valence-electron chi connectivity index (χ2n) is 4.53. The van der Waals surface area contributed by atoms with E-state index >= 15 is 0 Å². The maximum Gasteiger partial charge on any atom is 0.537 e. The molecule has 2 aromatic carbocycles. The summed E-state index contributed by atoms with van der Waals surface area (Å²) in [5, 5.41) is 12.6. The zero-order chi connectivity index (χ0) is 15.3. The molecule has 0 fully saturated rings. The van der Waals surface area contributed by atoms with Crippen molar-refractivity contribution in [3.05, 3.63) is 36.4 Å². The van der Waals surface area contributed by atoms with E-state index in [9.17, 15) is 5.11 Å². The molecule has 21 heavy (non-hydrogen) atoms. The molecule has 0 unspecified atom stereocenters. The van der Waals surface area contributed by atoms with Crippen molar-refractivity contribution in [2.24, 2.45) is 0 Å². The Labute approximate surface area is 126 Å². The Balaban J connectivity index is 2.66. The van der Waals surface area contributed by atoms with Crippen molar-refractivity contribution in [2.45, 2.75) is 20.8 Å². The van der Waals surface area contributed by atoms with E-state index in [1.807, 2.05) is 51.1 Å². The summed E-state index contributed by atoms with van der Waals surface area (Å²) >= 11 is 0. The van der Waals surface area contributed by atoms with Crippen molar-refractivity contribution < 1.29 is 18.4 Å². The third kappa shape index (κ3) is 3.11. The fourth-order valence-electron chi connectivity index (χ4n) is 2.48. The van der Waals surface area contributed by atoms with E-state index in [2.05, 4.69) is 0 Å². The molecule has 0 aromatic heterocycles. The van der Waals surface area contributed by atoms with Gasteiger partial charge in [-0.05, 0) is 32.2 Å². The van der Waals surface area contributed by atoms with Gasteiger partial charge in [0.2, 0.25) is 0 Å². The van der Waals surface area contributed by atoms with Crippen LogP contribution in [0.15, 0.2) is 36.4 Å². The molecule has 0 atom stereocenters. The molecule has 2 rings (SSSR count). The van der Waals surface area contributed by atoms with Crippen molar-refractivity contribution in [1.82, 2.24) is 0 Å². The van der Waals surface area contributed by atoms with E-state index < -0.39 is 8.80 Å². The van der Waals surface area contributed by atoms with Gasteiger partial charge in [0.1, 0.15) is 5.75 Å². The SMILES string of the molecule is CCO[Si](OCC)(OCC)c1ccc(O)c2ccccc12. The lowest BCUT2D eigenvalue weighted by atomic mass is 10.1. The normalized spacial score (nSPS) is 12.0. The molecule has 4 nitrogen and oxygen atoms in total. The van der Waals surface area contributed by atoms with E-state index in [-0.39, 0.29) is 5.75 Å². The van der Waals surface area contributed by atoms with Crippen molar-refractivity contribution in [2.75, 3.05) is 19.8 Å². The first-order chi connectivity index (χ1) is 10.2. The van der Waals surface area contributed by atoms with Crippen LogP contribution < -0.4 is 5.19 Å². The molecule has 0 radical (unpaired) electrons. The van der Waals surface area contributed by atoms with Crippen LogP contribution in [0.25, 0.3) is 10.8 Å². The first-order valence-electron chi connectivity index (χ1n) is 7.31. The van der Waals surface area contributed by atoms with E-state index in [0.717, 1.165) is 16.0 Å². The Kier molecular flexibility index (Phi) is 5.36. The third-order valence-electron chi connectivity index (χ3n) is 3.23. The first-order valence-corrected chi connectivity index (χ1v) is 9.04. The summed E-state index contributed by atoms with van der Waals surface area (Å²) in [6.07, 6.45) is 0. The number of hydrogen-bond donors (Lipinski definition) is 1. The summed E-state index contributed by atoms with van der Waals surface area (Å²) in [6, 6.07) is 11.2. The molecule has 0 saturated carbocycles. The van der Waals surface area contributed by atoms with Crippen LogP contribution in [0.4, 0.5) is 0 Å². The number of hydrogen-bond acceptors (Lipinski definition) is 4. The van der Waals surface area contributed by atoms with E-state index in [1.165, 1.54) is 0 Å². The smallest absolute Gasteiger partial charge is 0.507 e. The molecule has 0 aliphatic carbocycles. The standard InChI is InChI=1S/C16H22O4Si/c1-4-18-21(19-5-2,20-6-3)16-12-11-15(17)13-9-7-8-10-14(13)16/h7-12,17H,4-6H2,1-3H3. The summed E-state index contributed by atoms with van der Waals surface area (Å²) in [7, 11) is -2.97. The second kappa shape index (κ2) is 7.04. The van der Waals surface area contributed by atoms with Crippen LogP contribution >= 0.6 is 0 Å². The van der Waals surface area contributed by atoms with Gasteiger partial charge in [0.25, 0.3) is 0 Å². The van der Waals surface area contributed by atoms with Crippen molar-refractivity contribution in [3.8, 4) is 5.75 Å². The second-order valence-corrected chi connectivity index (χ2v) is 7.05. The van der Waals surface area contributed by atoms with Gasteiger partial charge in [0.15, 0.2) is 0 Å². The molecule has 0 amide bonds. The summed E-state index contributed by atoms with van der Waals surface area (Å²) in [6.45, 7) is 7.34. The van der Waals surface area contributed by atoms with Gasteiger partial charge in [0.05, 0.1) is 0 Å². The highest BCUT2D eigenvalue weighted by molar-refractivity contribution is 6.77. The van der Waals surface area contributed by atoms with Gasteiger partial charge in [-0.25, -0.2) is 0 Å². The first kappa shape index (κ1) is 16.0. The Morgan fingerprint density at radius 1 is 0.810 bits per heavy atom. The number of fused-ring (bicyclic) bond motifs is 1. The van der Waals surface area contributed by atoms with E-state index in [1.54, 1.807) is 6.07 Å². The highest BCUT2D eigenvalue weighted by Gasteiger charge is 2.44. The lowest BCUT2D eigenvalue weighted by Gasteiger charge is -2.29. The highest BCUT2D eigenvalue weighted by atomic mass is 28.4. The minimum Gasteiger partial charge on any atom is -0.507 e. The minimum absolute atomic E-state index is 0.252. The fraction of sp³-hybridized carbons (Fsp3) is 0.375. The van der Waals surface area contributed by atoms with Gasteiger partial charge < -0.3 is 18.4 Å². The molecule has 0 saturated heterocycles. The highest BCUT2D eigenvalue weighted by Crippen LogP contribution is 2.25. The molecular formula is C16H22O4Si. The number of phenols is 1. The Morgan fingerprint density at radius 2 is 1.33 bits per heavy atom. The van der Waals surface area contributed by atoms with Gasteiger partial charge in [-0.3, -0.25) is 0 Å². The van der Waals surface area contributed by atoms with Crippen LogP contribution in [0.5, 0.6) is 5.75 Å². The van der Waals surface area contributed by atoms with Crippen LogP contribution in [-0.4, -0.2) is 33.7 Å². The molecule has 114 valence electrons. The molecule has 0 aliphatic heterocycles. The minimum atomic E-state index is -2.97. The maximum absolute atomic E-state index is 10.0. The lowest BCUT2D eigenvalue weighted by molar-refractivity contribution is 0.0862. The number of aromatic hydroxyl groups is 1. The summed E-state index contributed by atoms with van der Waals surface area (Å²) in [5.74, 6) is 0.252. The van der Waals surface area contributed by atoms with Gasteiger partial charge >= 0.3 is 8.80 Å². The molecule has 0 aliphatic rings. The van der Waals surface area contributed by atoms with Crippen molar-refractivity contribution in [3.63, 3.8) is 0 Å². The molecule has 0 heterocycles. The Morgan fingerprint density at radius 3 is 1.86 bits per heavy atom. The Hall–Kier alpha value is -1.40. The maximum atomic E-state index is 10.0. The van der Waals surface area contributed by atoms with Gasteiger partial charge in [-0.15, -0.1) is 0 Å². The topological polar surface area (TPSA) is 47.9 Å². The van der Waals surface area contributed by atoms with Gasteiger partial charge in [-0.1, -0.05) is 30.3 Å². The summed E-state index contributed by atoms with van der Waals surface area (Å²) < 4.78 is 17.9. The molecule has 0 bridgehead atoms. The number of phenolic OH excluding ortho intramolecular Hbond substituents is 1. The van der Waals surface area contributed by atoms with Crippen LogP contribution in [0.2, 0.25) is 0 Å². The summed E-state index contributed by atoms with van der Waals surface area (Å²) in [5.41, 5.74) is 0. The van der Waals surface area contributed by atoms with Crippen LogP contribution in [-0.2, 0) is 13.3 Å². The number of benzene rings is 2. The zero-order valence-corrected chi connectivity index (χ0v) is 13.8. The Bertz CT molecular complexity index is 583. The van der Waals surface area contributed by atoms with E-state index in [4.69, 9.17) is 13.3 Å². The fourth-order valence-corrected chi connectivity index (χ4v) is 5.17. The van der Waals surface area contributed by atoms with E-state index in [0.29, 0.717) is 19.8 Å².